The number of halogens is 1. The van der Waals surface area contributed by atoms with E-state index in [1.54, 1.807) is 36.4 Å². The Morgan fingerprint density at radius 2 is 1.76 bits per heavy atom. The molecule has 34 heavy (non-hydrogen) atoms. The van der Waals surface area contributed by atoms with Crippen LogP contribution in [0.25, 0.3) is 22.6 Å². The highest BCUT2D eigenvalue weighted by Crippen LogP contribution is 2.25. The molecular formula is C22H14FN7O4. The van der Waals surface area contributed by atoms with Crippen molar-refractivity contribution < 1.29 is 23.3 Å². The molecule has 2 aromatic carbocycles. The number of anilines is 3. The molecule has 0 aliphatic carbocycles. The number of nitrogens with one attached hydrogen (secondary N) is 2. The van der Waals surface area contributed by atoms with Crippen molar-refractivity contribution >= 4 is 40.8 Å². The summed E-state index contributed by atoms with van der Waals surface area (Å²) in [4.78, 5) is 19.8. The number of carboxylic acid groups (broad SMARTS) is 1. The van der Waals surface area contributed by atoms with Gasteiger partial charge >= 0.3 is 5.97 Å². The van der Waals surface area contributed by atoms with Gasteiger partial charge in [0.25, 0.3) is 0 Å². The zero-order valence-electron chi connectivity index (χ0n) is 17.1. The van der Waals surface area contributed by atoms with E-state index in [4.69, 9.17) is 9.52 Å². The number of rotatable bonds is 7. The summed E-state index contributed by atoms with van der Waals surface area (Å²) in [5.74, 6) is -0.0260. The summed E-state index contributed by atoms with van der Waals surface area (Å²) in [6, 6.07) is 15.5. The molecule has 0 saturated heterocycles. The van der Waals surface area contributed by atoms with Crippen molar-refractivity contribution in [1.29, 1.82) is 0 Å². The Labute approximate surface area is 189 Å². The Balaban J connectivity index is 1.36. The Hall–Kier alpha value is -5.13. The van der Waals surface area contributed by atoms with Gasteiger partial charge in [0.2, 0.25) is 11.3 Å². The molecule has 12 heteroatoms. The molecule has 0 amide bonds. The molecule has 0 unspecified atom stereocenters. The van der Waals surface area contributed by atoms with Crippen molar-refractivity contribution in [2.75, 3.05) is 10.7 Å². The molecule has 3 aromatic heterocycles. The number of hydrazone groups is 1. The number of aromatic nitrogens is 4. The normalized spacial score (nSPS) is 11.2. The van der Waals surface area contributed by atoms with E-state index in [0.29, 0.717) is 22.8 Å². The van der Waals surface area contributed by atoms with Crippen LogP contribution in [-0.2, 0) is 0 Å². The van der Waals surface area contributed by atoms with Crippen LogP contribution in [0.1, 0.15) is 16.1 Å². The first-order valence-corrected chi connectivity index (χ1v) is 9.81. The fourth-order valence-electron chi connectivity index (χ4n) is 3.01. The maximum absolute atomic E-state index is 13.2. The lowest BCUT2D eigenvalue weighted by Gasteiger charge is -2.09. The van der Waals surface area contributed by atoms with E-state index >= 15 is 0 Å². The monoisotopic (exact) mass is 459 g/mol. The van der Waals surface area contributed by atoms with Crippen molar-refractivity contribution in [2.45, 2.75) is 0 Å². The summed E-state index contributed by atoms with van der Waals surface area (Å²) in [5, 5.41) is 23.6. The van der Waals surface area contributed by atoms with Crippen LogP contribution in [0.5, 0.6) is 0 Å². The number of fused-ring (bicyclic) bond motifs is 1. The molecule has 0 spiro atoms. The first-order valence-electron chi connectivity index (χ1n) is 9.81. The van der Waals surface area contributed by atoms with E-state index in [1.165, 1.54) is 30.5 Å². The van der Waals surface area contributed by atoms with Gasteiger partial charge in [-0.2, -0.15) is 10.1 Å². The SMILES string of the molecule is O=C(O)c1cccc(-c2ccc(C=NNc3nc4nonc4nc3Nc3ccc(F)cc3)o2)c1. The van der Waals surface area contributed by atoms with Gasteiger partial charge in [-0.1, -0.05) is 12.1 Å². The van der Waals surface area contributed by atoms with Crippen LogP contribution in [0.3, 0.4) is 0 Å². The van der Waals surface area contributed by atoms with Gasteiger partial charge in [0.05, 0.1) is 11.8 Å². The van der Waals surface area contributed by atoms with Crippen LogP contribution >= 0.6 is 0 Å². The van der Waals surface area contributed by atoms with E-state index < -0.39 is 5.97 Å². The van der Waals surface area contributed by atoms with Gasteiger partial charge in [-0.05, 0) is 58.8 Å². The van der Waals surface area contributed by atoms with Crippen LogP contribution in [0.15, 0.2) is 74.8 Å². The van der Waals surface area contributed by atoms with Gasteiger partial charge in [-0.15, -0.1) is 0 Å². The van der Waals surface area contributed by atoms with Gasteiger partial charge in [0, 0.05) is 11.3 Å². The van der Waals surface area contributed by atoms with Gasteiger partial charge in [0.15, 0.2) is 11.6 Å². The molecule has 0 atom stereocenters. The van der Waals surface area contributed by atoms with Crippen molar-refractivity contribution in [1.82, 2.24) is 20.3 Å². The molecule has 5 aromatic rings. The highest BCUT2D eigenvalue weighted by molar-refractivity contribution is 5.89. The average molecular weight is 459 g/mol. The van der Waals surface area contributed by atoms with Crippen LogP contribution in [0, 0.1) is 5.82 Å². The molecule has 11 nitrogen and oxygen atoms in total. The number of hydrogen-bond donors (Lipinski definition) is 3. The largest absolute Gasteiger partial charge is 0.478 e. The molecule has 5 rings (SSSR count). The predicted molar refractivity (Wildman–Crippen MR) is 119 cm³/mol. The van der Waals surface area contributed by atoms with E-state index in [-0.39, 0.29) is 34.3 Å². The second-order valence-corrected chi connectivity index (χ2v) is 6.92. The Morgan fingerprint density at radius 3 is 2.53 bits per heavy atom. The second-order valence-electron chi connectivity index (χ2n) is 6.92. The third kappa shape index (κ3) is 4.41. The lowest BCUT2D eigenvalue weighted by Crippen LogP contribution is -2.03. The Morgan fingerprint density at radius 1 is 1.00 bits per heavy atom. The second kappa shape index (κ2) is 8.78. The summed E-state index contributed by atoms with van der Waals surface area (Å²) < 4.78 is 23.6. The van der Waals surface area contributed by atoms with Crippen LogP contribution in [0.2, 0.25) is 0 Å². The number of benzene rings is 2. The third-order valence-electron chi connectivity index (χ3n) is 4.60. The molecule has 0 radical (unpaired) electrons. The zero-order chi connectivity index (χ0) is 23.5. The first-order chi connectivity index (χ1) is 16.5. The fourth-order valence-corrected chi connectivity index (χ4v) is 3.01. The van der Waals surface area contributed by atoms with Crippen LogP contribution < -0.4 is 10.7 Å². The standard InChI is InChI=1S/C22H14FN7O4/c23-14-4-6-15(7-5-14)25-18-19(27-21-20(26-18)29-34-30-21)28-24-11-16-8-9-17(33-16)12-2-1-3-13(10-12)22(31)32/h1-11H,(H,31,32)(H,25,26,29)(H,27,28,30). The van der Waals surface area contributed by atoms with E-state index in [2.05, 4.69) is 40.8 Å². The summed E-state index contributed by atoms with van der Waals surface area (Å²) >= 11 is 0. The van der Waals surface area contributed by atoms with Gasteiger partial charge in [-0.25, -0.2) is 18.8 Å². The zero-order valence-corrected chi connectivity index (χ0v) is 17.1. The summed E-state index contributed by atoms with van der Waals surface area (Å²) in [5.41, 5.74) is 4.45. The van der Waals surface area contributed by atoms with Crippen molar-refractivity contribution in [3.05, 3.63) is 77.8 Å². The van der Waals surface area contributed by atoms with Gasteiger partial charge in [-0.3, -0.25) is 5.43 Å². The number of nitrogens with zero attached hydrogens (tertiary/aromatic N) is 5. The number of aromatic carboxylic acids is 1. The van der Waals surface area contributed by atoms with Crippen molar-refractivity contribution in [3.63, 3.8) is 0 Å². The highest BCUT2D eigenvalue weighted by atomic mass is 19.1. The number of carboxylic acids is 1. The number of carbonyl (C=O) groups is 1. The smallest absolute Gasteiger partial charge is 0.335 e. The summed E-state index contributed by atoms with van der Waals surface area (Å²) in [6.45, 7) is 0. The maximum Gasteiger partial charge on any atom is 0.335 e. The van der Waals surface area contributed by atoms with E-state index in [1.807, 2.05) is 0 Å². The van der Waals surface area contributed by atoms with Crippen molar-refractivity contribution in [2.24, 2.45) is 5.10 Å². The molecule has 3 N–H and O–H groups in total. The van der Waals surface area contributed by atoms with E-state index in [9.17, 15) is 9.18 Å². The predicted octanol–water partition coefficient (Wildman–Crippen LogP) is 4.30. The molecular weight excluding hydrogens is 445 g/mol. The quantitative estimate of drug-likeness (QED) is 0.237. The lowest BCUT2D eigenvalue weighted by atomic mass is 10.1. The summed E-state index contributed by atoms with van der Waals surface area (Å²) in [6.07, 6.45) is 1.42. The van der Waals surface area contributed by atoms with Gasteiger partial charge in [0.1, 0.15) is 17.3 Å². The van der Waals surface area contributed by atoms with Crippen molar-refractivity contribution in [3.8, 4) is 11.3 Å². The number of hydrogen-bond acceptors (Lipinski definition) is 10. The molecule has 0 saturated carbocycles. The van der Waals surface area contributed by atoms with E-state index in [0.717, 1.165) is 0 Å². The fraction of sp³-hybridized carbons (Fsp3) is 0. The molecule has 0 aliphatic heterocycles. The highest BCUT2D eigenvalue weighted by Gasteiger charge is 2.13. The molecule has 168 valence electrons. The minimum atomic E-state index is -1.02. The Bertz CT molecular complexity index is 1510. The lowest BCUT2D eigenvalue weighted by molar-refractivity contribution is 0.0697. The Kier molecular flexibility index (Phi) is 5.36. The molecule has 0 aliphatic rings. The molecule has 0 bridgehead atoms. The minimum Gasteiger partial charge on any atom is -0.478 e. The summed E-state index contributed by atoms with van der Waals surface area (Å²) in [7, 11) is 0. The van der Waals surface area contributed by atoms with Crippen LogP contribution in [-0.4, -0.2) is 37.6 Å². The third-order valence-corrected chi connectivity index (χ3v) is 4.60. The number of furan rings is 1. The molecule has 0 fully saturated rings. The van der Waals surface area contributed by atoms with Gasteiger partial charge < -0.3 is 14.8 Å². The molecule has 3 heterocycles. The maximum atomic E-state index is 13.2. The topological polar surface area (TPSA) is 152 Å². The first kappa shape index (κ1) is 20.8. The van der Waals surface area contributed by atoms with Crippen LogP contribution in [0.4, 0.5) is 21.7 Å². The minimum absolute atomic E-state index is 0.156. The average Bonchev–Trinajstić information content (AvgIpc) is 3.50.